The van der Waals surface area contributed by atoms with Crippen molar-refractivity contribution in [1.82, 2.24) is 4.57 Å². The van der Waals surface area contributed by atoms with Gasteiger partial charge in [-0.2, -0.15) is 0 Å². The van der Waals surface area contributed by atoms with Gasteiger partial charge in [0.2, 0.25) is 0 Å². The molecule has 3 aliphatic rings. The lowest BCUT2D eigenvalue weighted by Gasteiger charge is -2.70. The number of rotatable bonds is 2. The van der Waals surface area contributed by atoms with Gasteiger partial charge in [-0.1, -0.05) is 18.2 Å². The van der Waals surface area contributed by atoms with E-state index < -0.39 is 0 Å². The summed E-state index contributed by atoms with van der Waals surface area (Å²) in [5.41, 5.74) is 1.96. The summed E-state index contributed by atoms with van der Waals surface area (Å²) < 4.78 is 2.43. The predicted molar refractivity (Wildman–Crippen MR) is 63.3 cm³/mol. The van der Waals surface area contributed by atoms with Gasteiger partial charge in [-0.25, -0.2) is 0 Å². The van der Waals surface area contributed by atoms with E-state index in [1.807, 2.05) is 0 Å². The van der Waals surface area contributed by atoms with Crippen molar-refractivity contribution in [2.45, 2.75) is 24.8 Å². The molecule has 1 aromatic heterocycles. The van der Waals surface area contributed by atoms with Crippen LogP contribution in [0.4, 0.5) is 0 Å². The molecule has 2 heteroatoms. The summed E-state index contributed by atoms with van der Waals surface area (Å²) in [6.07, 6.45) is 5.70. The van der Waals surface area contributed by atoms with Crippen LogP contribution in [0.3, 0.4) is 0 Å². The highest BCUT2D eigenvalue weighted by molar-refractivity contribution is 5.80. The fourth-order valence-electron chi connectivity index (χ4n) is 3.86. The summed E-state index contributed by atoms with van der Waals surface area (Å²) in [7, 11) is 0. The van der Waals surface area contributed by atoms with Crippen LogP contribution in [-0.4, -0.2) is 16.3 Å². The van der Waals surface area contributed by atoms with Gasteiger partial charge in [-0.15, -0.1) is 0 Å². The van der Waals surface area contributed by atoms with Crippen LogP contribution < -0.4 is 0 Å². The van der Waals surface area contributed by atoms with Gasteiger partial charge in [0.25, 0.3) is 0 Å². The molecule has 0 radical (unpaired) electrons. The lowest BCUT2D eigenvalue weighted by atomic mass is 9.39. The average Bonchev–Trinajstić information content (AvgIpc) is 2.60. The molecule has 0 aliphatic heterocycles. The molecule has 0 atom stereocenters. The summed E-state index contributed by atoms with van der Waals surface area (Å²) in [5, 5.41) is 10.6. The van der Waals surface area contributed by atoms with Crippen molar-refractivity contribution in [1.29, 1.82) is 0 Å². The summed E-state index contributed by atoms with van der Waals surface area (Å²) in [6, 6.07) is 10.7. The molecule has 0 unspecified atom stereocenters. The van der Waals surface area contributed by atoms with Crippen molar-refractivity contribution in [2.24, 2.45) is 5.41 Å². The number of hydrogen-bond acceptors (Lipinski definition) is 1. The molecule has 1 N–H and O–H groups in total. The number of para-hydroxylation sites is 1. The van der Waals surface area contributed by atoms with Crippen molar-refractivity contribution in [3.8, 4) is 0 Å². The smallest absolute Gasteiger partial charge is 0.0490 e. The molecule has 2 aromatic rings. The van der Waals surface area contributed by atoms with Gasteiger partial charge in [0, 0.05) is 29.3 Å². The molecule has 0 saturated heterocycles. The third-order valence-electron chi connectivity index (χ3n) is 4.56. The second-order valence-electron chi connectivity index (χ2n) is 5.66. The lowest BCUT2D eigenvalue weighted by molar-refractivity contribution is -0.205. The van der Waals surface area contributed by atoms with Crippen molar-refractivity contribution >= 4 is 10.9 Å². The van der Waals surface area contributed by atoms with E-state index in [9.17, 15) is 5.11 Å². The first-order valence-corrected chi connectivity index (χ1v) is 5.95. The number of aliphatic hydroxyl groups excluding tert-OH is 1. The zero-order valence-electron chi connectivity index (χ0n) is 9.19. The average molecular weight is 213 g/mol. The van der Waals surface area contributed by atoms with Crippen LogP contribution in [-0.2, 0) is 5.54 Å². The zero-order chi connectivity index (χ0) is 10.8. The molecule has 16 heavy (non-hydrogen) atoms. The molecule has 0 spiro atoms. The Balaban J connectivity index is 1.80. The second-order valence-corrected chi connectivity index (χ2v) is 5.66. The van der Waals surface area contributed by atoms with Crippen LogP contribution in [0.25, 0.3) is 10.9 Å². The van der Waals surface area contributed by atoms with E-state index in [2.05, 4.69) is 41.1 Å². The highest BCUT2D eigenvalue weighted by Gasteiger charge is 2.68. The predicted octanol–water partition coefficient (Wildman–Crippen LogP) is 2.51. The Labute approximate surface area is 94.5 Å². The van der Waals surface area contributed by atoms with Crippen LogP contribution >= 0.6 is 0 Å². The van der Waals surface area contributed by atoms with E-state index in [1.165, 1.54) is 10.9 Å². The van der Waals surface area contributed by atoms with Crippen LogP contribution in [0, 0.1) is 5.41 Å². The molecule has 1 heterocycles. The minimum atomic E-state index is 0.283. The zero-order valence-corrected chi connectivity index (χ0v) is 9.19. The molecular weight excluding hydrogens is 198 g/mol. The maximum absolute atomic E-state index is 9.30. The monoisotopic (exact) mass is 213 g/mol. The van der Waals surface area contributed by atoms with Gasteiger partial charge < -0.3 is 9.67 Å². The molecule has 1 aromatic carbocycles. The molecule has 3 saturated carbocycles. The Morgan fingerprint density at radius 3 is 2.62 bits per heavy atom. The number of aliphatic hydroxyl groups is 1. The molecule has 2 bridgehead atoms. The number of nitrogens with zero attached hydrogens (tertiary/aromatic N) is 1. The van der Waals surface area contributed by atoms with Crippen molar-refractivity contribution < 1.29 is 5.11 Å². The highest BCUT2D eigenvalue weighted by Crippen LogP contribution is 2.71. The fraction of sp³-hybridized carbons (Fsp3) is 0.429. The van der Waals surface area contributed by atoms with E-state index in [-0.39, 0.29) is 5.41 Å². The third-order valence-corrected chi connectivity index (χ3v) is 4.56. The second kappa shape index (κ2) is 2.51. The van der Waals surface area contributed by atoms with Gasteiger partial charge in [-0.05, 0) is 36.8 Å². The van der Waals surface area contributed by atoms with E-state index in [4.69, 9.17) is 0 Å². The van der Waals surface area contributed by atoms with Crippen LogP contribution in [0.2, 0.25) is 0 Å². The van der Waals surface area contributed by atoms with Crippen LogP contribution in [0.5, 0.6) is 0 Å². The Morgan fingerprint density at radius 2 is 1.88 bits per heavy atom. The fourth-order valence-corrected chi connectivity index (χ4v) is 3.86. The van der Waals surface area contributed by atoms with Crippen molar-refractivity contribution in [3.63, 3.8) is 0 Å². The summed E-state index contributed by atoms with van der Waals surface area (Å²) in [5.74, 6) is 0. The molecule has 3 aliphatic carbocycles. The standard InChI is InChI=1S/C14H15NO/c16-10-13-7-14(8-13,9-13)15-6-5-11-3-1-2-4-12(11)15/h1-6,16H,7-10H2. The molecule has 82 valence electrons. The van der Waals surface area contributed by atoms with Gasteiger partial charge in [0.05, 0.1) is 0 Å². The normalized spacial score (nSPS) is 35.8. The number of hydrogen-bond donors (Lipinski definition) is 1. The van der Waals surface area contributed by atoms with Gasteiger partial charge in [0.15, 0.2) is 0 Å². The maximum atomic E-state index is 9.30. The minimum Gasteiger partial charge on any atom is -0.396 e. The Morgan fingerprint density at radius 1 is 1.12 bits per heavy atom. The van der Waals surface area contributed by atoms with E-state index >= 15 is 0 Å². The van der Waals surface area contributed by atoms with Gasteiger partial charge in [0.1, 0.15) is 0 Å². The van der Waals surface area contributed by atoms with Crippen LogP contribution in [0.15, 0.2) is 36.5 Å². The molecular formula is C14H15NO. The summed E-state index contributed by atoms with van der Waals surface area (Å²) >= 11 is 0. The first kappa shape index (κ1) is 8.82. The Bertz CT molecular complexity index is 549. The summed E-state index contributed by atoms with van der Waals surface area (Å²) in [4.78, 5) is 0. The topological polar surface area (TPSA) is 25.2 Å². The SMILES string of the molecule is OCC12CC(n3ccc4ccccc43)(C1)C2. The Hall–Kier alpha value is -1.28. The van der Waals surface area contributed by atoms with E-state index in [1.54, 1.807) is 0 Å². The summed E-state index contributed by atoms with van der Waals surface area (Å²) in [6.45, 7) is 0.369. The maximum Gasteiger partial charge on any atom is 0.0490 e. The molecule has 2 nitrogen and oxygen atoms in total. The van der Waals surface area contributed by atoms with Crippen molar-refractivity contribution in [3.05, 3.63) is 36.5 Å². The van der Waals surface area contributed by atoms with Crippen molar-refractivity contribution in [2.75, 3.05) is 6.61 Å². The van der Waals surface area contributed by atoms with E-state index in [0.29, 0.717) is 12.1 Å². The van der Waals surface area contributed by atoms with Gasteiger partial charge in [-0.3, -0.25) is 0 Å². The van der Waals surface area contributed by atoms with Crippen LogP contribution in [0.1, 0.15) is 19.3 Å². The number of aromatic nitrogens is 1. The number of benzene rings is 1. The van der Waals surface area contributed by atoms with Gasteiger partial charge >= 0.3 is 0 Å². The molecule has 3 fully saturated rings. The first-order chi connectivity index (χ1) is 7.77. The first-order valence-electron chi connectivity index (χ1n) is 5.95. The Kier molecular flexibility index (Phi) is 1.39. The molecule has 0 amide bonds. The number of fused-ring (bicyclic) bond motifs is 1. The largest absolute Gasteiger partial charge is 0.396 e. The minimum absolute atomic E-state index is 0.283. The highest BCUT2D eigenvalue weighted by atomic mass is 16.3. The lowest BCUT2D eigenvalue weighted by Crippen LogP contribution is -2.68. The molecule has 5 rings (SSSR count). The third kappa shape index (κ3) is 0.836. The quantitative estimate of drug-likeness (QED) is 0.814. The van der Waals surface area contributed by atoms with E-state index in [0.717, 1.165) is 19.3 Å².